The predicted octanol–water partition coefficient (Wildman–Crippen LogP) is 0.760. The largest absolute Gasteiger partial charge is 0.317 e. The molecule has 0 spiro atoms. The summed E-state index contributed by atoms with van der Waals surface area (Å²) in [7, 11) is 1.78. The molecular weight excluding hydrogens is 218 g/mol. The van der Waals surface area contributed by atoms with Crippen LogP contribution in [0, 0.1) is 0 Å². The van der Waals surface area contributed by atoms with E-state index in [4.69, 9.17) is 0 Å². The number of aryl methyl sites for hydroxylation is 1. The summed E-state index contributed by atoms with van der Waals surface area (Å²) in [5.74, 6) is -0.616. The van der Waals surface area contributed by atoms with Crippen LogP contribution >= 0.6 is 0 Å². The molecule has 1 aromatic heterocycles. The Kier molecular flexibility index (Phi) is 4.16. The number of aromatic nitrogens is 1. The van der Waals surface area contributed by atoms with Crippen LogP contribution in [0.4, 0.5) is 11.4 Å². The fourth-order valence-electron chi connectivity index (χ4n) is 1.24. The maximum absolute atomic E-state index is 11.1. The maximum Gasteiger partial charge on any atom is 0.247 e. The van der Waals surface area contributed by atoms with E-state index in [2.05, 4.69) is 23.8 Å². The van der Waals surface area contributed by atoms with Gasteiger partial charge in [-0.15, -0.1) is 0 Å². The molecule has 0 aliphatic rings. The summed E-state index contributed by atoms with van der Waals surface area (Å²) in [6, 6.07) is 1.64. The van der Waals surface area contributed by atoms with Crippen molar-refractivity contribution in [1.82, 2.24) is 0 Å². The number of rotatable bonds is 4. The van der Waals surface area contributed by atoms with E-state index >= 15 is 0 Å². The monoisotopic (exact) mass is 232 g/mol. The van der Waals surface area contributed by atoms with Crippen molar-refractivity contribution in [3.8, 4) is 0 Å². The third-order valence-corrected chi connectivity index (χ3v) is 1.90. The highest BCUT2D eigenvalue weighted by atomic mass is 16.2. The topological polar surface area (TPSA) is 62.1 Å². The Morgan fingerprint density at radius 1 is 1.12 bits per heavy atom. The van der Waals surface area contributed by atoms with Crippen LogP contribution in [0.1, 0.15) is 0 Å². The smallest absolute Gasteiger partial charge is 0.247 e. The molecular formula is C12H14N3O2+. The minimum atomic E-state index is -0.308. The van der Waals surface area contributed by atoms with Crippen molar-refractivity contribution >= 4 is 23.2 Å². The van der Waals surface area contributed by atoms with Crippen molar-refractivity contribution in [2.45, 2.75) is 0 Å². The van der Waals surface area contributed by atoms with E-state index < -0.39 is 0 Å². The van der Waals surface area contributed by atoms with Crippen molar-refractivity contribution in [2.24, 2.45) is 7.05 Å². The molecule has 2 amide bonds. The van der Waals surface area contributed by atoms with Crippen molar-refractivity contribution < 1.29 is 14.2 Å². The SMILES string of the molecule is C=CC(=O)Nc1cc(NC(=O)C=C)c[n+](C)c1. The van der Waals surface area contributed by atoms with E-state index in [0.717, 1.165) is 0 Å². The summed E-state index contributed by atoms with van der Waals surface area (Å²) in [6.07, 6.45) is 5.78. The zero-order chi connectivity index (χ0) is 12.8. The molecule has 5 nitrogen and oxygen atoms in total. The molecule has 0 bridgehead atoms. The van der Waals surface area contributed by atoms with E-state index in [1.807, 2.05) is 0 Å². The Hall–Kier alpha value is -2.43. The Bertz CT molecular complexity index is 440. The van der Waals surface area contributed by atoms with Gasteiger partial charge in [-0.2, -0.15) is 0 Å². The van der Waals surface area contributed by atoms with Gasteiger partial charge in [-0.1, -0.05) is 13.2 Å². The fraction of sp³-hybridized carbons (Fsp3) is 0.0833. The molecule has 1 heterocycles. The highest BCUT2D eigenvalue weighted by molar-refractivity contribution is 6.00. The number of anilines is 2. The van der Waals surface area contributed by atoms with Gasteiger partial charge in [-0.3, -0.25) is 9.59 Å². The van der Waals surface area contributed by atoms with Crippen LogP contribution in [0.25, 0.3) is 0 Å². The third kappa shape index (κ3) is 3.90. The van der Waals surface area contributed by atoms with Crippen molar-refractivity contribution in [2.75, 3.05) is 10.6 Å². The Balaban J connectivity index is 2.93. The molecule has 0 atom stereocenters. The van der Waals surface area contributed by atoms with Crippen molar-refractivity contribution in [1.29, 1.82) is 0 Å². The molecule has 1 aromatic rings. The second-order valence-corrected chi connectivity index (χ2v) is 3.37. The summed E-state index contributed by atoms with van der Waals surface area (Å²) in [6.45, 7) is 6.72. The van der Waals surface area contributed by atoms with Crippen LogP contribution < -0.4 is 15.2 Å². The fourth-order valence-corrected chi connectivity index (χ4v) is 1.24. The Labute approximate surface area is 99.5 Å². The number of carbonyl (C=O) groups excluding carboxylic acids is 2. The van der Waals surface area contributed by atoms with Gasteiger partial charge in [0.25, 0.3) is 0 Å². The van der Waals surface area contributed by atoms with Gasteiger partial charge < -0.3 is 10.6 Å². The predicted molar refractivity (Wildman–Crippen MR) is 65.3 cm³/mol. The number of carbonyl (C=O) groups is 2. The molecule has 0 radical (unpaired) electrons. The van der Waals surface area contributed by atoms with Crippen molar-refractivity contribution in [3.05, 3.63) is 43.8 Å². The zero-order valence-corrected chi connectivity index (χ0v) is 9.56. The molecule has 0 aromatic carbocycles. The normalized spacial score (nSPS) is 9.24. The van der Waals surface area contributed by atoms with Gasteiger partial charge in [-0.25, -0.2) is 4.57 Å². The average Bonchev–Trinajstić information content (AvgIpc) is 2.27. The highest BCUT2D eigenvalue weighted by Crippen LogP contribution is 2.11. The lowest BCUT2D eigenvalue weighted by Crippen LogP contribution is -2.29. The van der Waals surface area contributed by atoms with Gasteiger partial charge in [0.15, 0.2) is 12.4 Å². The van der Waals surface area contributed by atoms with Gasteiger partial charge in [0.05, 0.1) is 0 Å². The molecule has 0 unspecified atom stereocenters. The Morgan fingerprint density at radius 3 is 1.88 bits per heavy atom. The zero-order valence-electron chi connectivity index (χ0n) is 9.56. The lowest BCUT2D eigenvalue weighted by atomic mass is 10.3. The van der Waals surface area contributed by atoms with Crippen LogP contribution in [0.15, 0.2) is 43.8 Å². The van der Waals surface area contributed by atoms with Crippen LogP contribution in [-0.4, -0.2) is 11.8 Å². The summed E-state index contributed by atoms with van der Waals surface area (Å²) in [4.78, 5) is 22.3. The number of nitrogens with zero attached hydrogens (tertiary/aromatic N) is 1. The Morgan fingerprint density at radius 2 is 1.53 bits per heavy atom. The van der Waals surface area contributed by atoms with Crippen LogP contribution in [0.3, 0.4) is 0 Å². The minimum absolute atomic E-state index is 0.308. The van der Waals surface area contributed by atoms with Gasteiger partial charge in [0.1, 0.15) is 18.4 Å². The molecule has 17 heavy (non-hydrogen) atoms. The number of hydrogen-bond donors (Lipinski definition) is 2. The van der Waals surface area contributed by atoms with E-state index in [-0.39, 0.29) is 11.8 Å². The van der Waals surface area contributed by atoms with Crippen LogP contribution in [0.2, 0.25) is 0 Å². The molecule has 88 valence electrons. The summed E-state index contributed by atoms with van der Waals surface area (Å²) in [5.41, 5.74) is 1.14. The summed E-state index contributed by atoms with van der Waals surface area (Å²) < 4.78 is 1.72. The number of nitrogens with one attached hydrogen (secondary N) is 2. The van der Waals surface area contributed by atoms with E-state index in [0.29, 0.717) is 11.4 Å². The molecule has 0 saturated heterocycles. The van der Waals surface area contributed by atoms with Gasteiger partial charge in [0.2, 0.25) is 11.8 Å². The van der Waals surface area contributed by atoms with Gasteiger partial charge in [0, 0.05) is 0 Å². The standard InChI is InChI=1S/C12H13N3O2/c1-4-11(16)13-9-6-10(8-15(3)7-9)14-12(17)5-2/h4-8H,1-2H2,3H3,(H-,13,14,16,17)/p+1. The molecule has 0 aliphatic carbocycles. The quantitative estimate of drug-likeness (QED) is 0.594. The third-order valence-electron chi connectivity index (χ3n) is 1.90. The highest BCUT2D eigenvalue weighted by Gasteiger charge is 2.07. The van der Waals surface area contributed by atoms with Crippen LogP contribution in [-0.2, 0) is 16.6 Å². The van der Waals surface area contributed by atoms with Gasteiger partial charge >= 0.3 is 0 Å². The second kappa shape index (κ2) is 5.60. The first-order valence-electron chi connectivity index (χ1n) is 4.92. The van der Waals surface area contributed by atoms with Gasteiger partial charge in [-0.05, 0) is 18.2 Å². The first-order valence-corrected chi connectivity index (χ1v) is 4.92. The maximum atomic E-state index is 11.1. The van der Waals surface area contributed by atoms with Crippen molar-refractivity contribution in [3.63, 3.8) is 0 Å². The first-order chi connectivity index (χ1) is 8.05. The molecule has 0 aliphatic heterocycles. The number of pyridine rings is 1. The summed E-state index contributed by atoms with van der Waals surface area (Å²) >= 11 is 0. The molecule has 0 saturated carbocycles. The second-order valence-electron chi connectivity index (χ2n) is 3.37. The lowest BCUT2D eigenvalue weighted by Gasteiger charge is -2.04. The lowest BCUT2D eigenvalue weighted by molar-refractivity contribution is -0.670. The summed E-state index contributed by atoms with van der Waals surface area (Å²) in [5, 5.41) is 5.22. The van der Waals surface area contributed by atoms with E-state index in [1.54, 1.807) is 30.1 Å². The van der Waals surface area contributed by atoms with E-state index in [1.165, 1.54) is 12.2 Å². The molecule has 1 rings (SSSR count). The molecule has 5 heteroatoms. The molecule has 2 N–H and O–H groups in total. The minimum Gasteiger partial charge on any atom is -0.317 e. The number of amides is 2. The van der Waals surface area contributed by atoms with Crippen LogP contribution in [0.5, 0.6) is 0 Å². The molecule has 0 fully saturated rings. The number of hydrogen-bond acceptors (Lipinski definition) is 2. The van der Waals surface area contributed by atoms with E-state index in [9.17, 15) is 9.59 Å². The average molecular weight is 232 g/mol. The first kappa shape index (κ1) is 12.6.